The SMILES string of the molecule is Cc1ccc(-c2c(Cl)nc3c(C)c(C)nn3c2Cl)cc1. The maximum atomic E-state index is 6.48. The average molecular weight is 306 g/mol. The Labute approximate surface area is 127 Å². The van der Waals surface area contributed by atoms with E-state index in [1.807, 2.05) is 45.0 Å². The van der Waals surface area contributed by atoms with E-state index in [2.05, 4.69) is 10.1 Å². The van der Waals surface area contributed by atoms with Crippen LogP contribution in [0.1, 0.15) is 16.8 Å². The molecule has 2 heterocycles. The number of rotatable bonds is 1. The highest BCUT2D eigenvalue weighted by atomic mass is 35.5. The van der Waals surface area contributed by atoms with Gasteiger partial charge in [-0.15, -0.1) is 0 Å². The Morgan fingerprint density at radius 1 is 1.00 bits per heavy atom. The zero-order chi connectivity index (χ0) is 14.4. The van der Waals surface area contributed by atoms with E-state index in [0.29, 0.717) is 21.5 Å². The van der Waals surface area contributed by atoms with Crippen LogP contribution in [0.4, 0.5) is 0 Å². The second-order valence-electron chi connectivity index (χ2n) is 4.88. The van der Waals surface area contributed by atoms with Crippen molar-refractivity contribution in [3.05, 3.63) is 51.4 Å². The quantitative estimate of drug-likeness (QED) is 0.614. The van der Waals surface area contributed by atoms with Crippen LogP contribution in [-0.4, -0.2) is 14.6 Å². The minimum atomic E-state index is 0.398. The van der Waals surface area contributed by atoms with E-state index in [1.165, 1.54) is 5.56 Å². The number of benzene rings is 1. The number of aromatic nitrogens is 3. The molecule has 0 N–H and O–H groups in total. The van der Waals surface area contributed by atoms with Crippen molar-refractivity contribution in [3.8, 4) is 11.1 Å². The smallest absolute Gasteiger partial charge is 0.161 e. The van der Waals surface area contributed by atoms with Crippen LogP contribution in [0.15, 0.2) is 24.3 Å². The molecule has 102 valence electrons. The fourth-order valence-corrected chi connectivity index (χ4v) is 2.80. The Morgan fingerprint density at radius 3 is 2.30 bits per heavy atom. The summed E-state index contributed by atoms with van der Waals surface area (Å²) in [7, 11) is 0. The van der Waals surface area contributed by atoms with Crippen molar-refractivity contribution in [2.45, 2.75) is 20.8 Å². The predicted octanol–water partition coefficient (Wildman–Crippen LogP) is 4.63. The molecule has 0 radical (unpaired) electrons. The van der Waals surface area contributed by atoms with Crippen LogP contribution in [0.3, 0.4) is 0 Å². The van der Waals surface area contributed by atoms with Crippen molar-refractivity contribution >= 4 is 28.8 Å². The summed E-state index contributed by atoms with van der Waals surface area (Å²) in [6, 6.07) is 8.01. The van der Waals surface area contributed by atoms with Gasteiger partial charge < -0.3 is 0 Å². The Hall–Kier alpha value is -1.58. The van der Waals surface area contributed by atoms with Crippen molar-refractivity contribution < 1.29 is 0 Å². The largest absolute Gasteiger partial charge is 0.216 e. The zero-order valence-corrected chi connectivity index (χ0v) is 12.9. The Bertz CT molecular complexity index is 804. The summed E-state index contributed by atoms with van der Waals surface area (Å²) in [5.74, 6) is 0. The average Bonchev–Trinajstić information content (AvgIpc) is 2.69. The first-order valence-corrected chi connectivity index (χ1v) is 7.02. The van der Waals surface area contributed by atoms with Gasteiger partial charge in [0.2, 0.25) is 0 Å². The van der Waals surface area contributed by atoms with E-state index in [9.17, 15) is 0 Å². The second kappa shape index (κ2) is 4.76. The van der Waals surface area contributed by atoms with E-state index in [0.717, 1.165) is 16.8 Å². The minimum absolute atomic E-state index is 0.398. The van der Waals surface area contributed by atoms with Crippen LogP contribution >= 0.6 is 23.2 Å². The van der Waals surface area contributed by atoms with E-state index in [4.69, 9.17) is 23.2 Å². The third kappa shape index (κ3) is 1.98. The number of halogens is 2. The lowest BCUT2D eigenvalue weighted by Gasteiger charge is -2.09. The Kier molecular flexibility index (Phi) is 3.19. The topological polar surface area (TPSA) is 30.2 Å². The molecule has 0 saturated heterocycles. The van der Waals surface area contributed by atoms with Gasteiger partial charge in [0, 0.05) is 5.56 Å². The first-order valence-electron chi connectivity index (χ1n) is 6.27. The molecular formula is C15H13Cl2N3. The van der Waals surface area contributed by atoms with E-state index in [1.54, 1.807) is 4.52 Å². The van der Waals surface area contributed by atoms with Crippen molar-refractivity contribution in [2.75, 3.05) is 0 Å². The molecule has 0 spiro atoms. The summed E-state index contributed by atoms with van der Waals surface area (Å²) in [5, 5.41) is 5.30. The summed E-state index contributed by atoms with van der Waals surface area (Å²) in [5.41, 5.74) is 5.42. The molecular weight excluding hydrogens is 293 g/mol. The maximum absolute atomic E-state index is 6.48. The highest BCUT2D eigenvalue weighted by Gasteiger charge is 2.17. The summed E-state index contributed by atoms with van der Waals surface area (Å²) < 4.78 is 1.65. The zero-order valence-electron chi connectivity index (χ0n) is 11.4. The summed E-state index contributed by atoms with van der Waals surface area (Å²) in [4.78, 5) is 4.44. The number of hydrogen-bond acceptors (Lipinski definition) is 2. The molecule has 0 saturated carbocycles. The third-order valence-electron chi connectivity index (χ3n) is 3.47. The van der Waals surface area contributed by atoms with Crippen molar-refractivity contribution in [3.63, 3.8) is 0 Å². The van der Waals surface area contributed by atoms with Crippen molar-refractivity contribution in [1.82, 2.24) is 14.6 Å². The lowest BCUT2D eigenvalue weighted by Crippen LogP contribution is -1.97. The van der Waals surface area contributed by atoms with Crippen molar-refractivity contribution in [1.29, 1.82) is 0 Å². The molecule has 3 aromatic rings. The molecule has 0 bridgehead atoms. The summed E-state index contributed by atoms with van der Waals surface area (Å²) >= 11 is 12.8. The van der Waals surface area contributed by atoms with Crippen LogP contribution < -0.4 is 0 Å². The molecule has 0 amide bonds. The third-order valence-corrected chi connectivity index (χ3v) is 4.09. The summed E-state index contributed by atoms with van der Waals surface area (Å²) in [6.07, 6.45) is 0. The molecule has 20 heavy (non-hydrogen) atoms. The van der Waals surface area contributed by atoms with Gasteiger partial charge in [-0.3, -0.25) is 0 Å². The van der Waals surface area contributed by atoms with Gasteiger partial charge in [0.1, 0.15) is 10.3 Å². The predicted molar refractivity (Wildman–Crippen MR) is 82.7 cm³/mol. The van der Waals surface area contributed by atoms with Gasteiger partial charge in [-0.05, 0) is 26.3 Å². The van der Waals surface area contributed by atoms with Crippen molar-refractivity contribution in [2.24, 2.45) is 0 Å². The molecule has 0 aliphatic heterocycles. The number of nitrogens with zero attached hydrogens (tertiary/aromatic N) is 3. The molecule has 0 atom stereocenters. The maximum Gasteiger partial charge on any atom is 0.161 e. The standard InChI is InChI=1S/C15H13Cl2N3/c1-8-4-6-11(7-5-8)12-13(16)18-15-9(2)10(3)19-20(15)14(12)17/h4-7H,1-3H3. The van der Waals surface area contributed by atoms with Gasteiger partial charge in [-0.1, -0.05) is 53.0 Å². The molecule has 5 heteroatoms. The molecule has 0 aliphatic rings. The molecule has 2 aromatic heterocycles. The fraction of sp³-hybridized carbons (Fsp3) is 0.200. The number of fused-ring (bicyclic) bond motifs is 1. The van der Waals surface area contributed by atoms with Crippen LogP contribution in [-0.2, 0) is 0 Å². The van der Waals surface area contributed by atoms with Gasteiger partial charge in [0.05, 0.1) is 11.3 Å². The fourth-order valence-electron chi connectivity index (χ4n) is 2.16. The van der Waals surface area contributed by atoms with Crippen LogP contribution in [0.2, 0.25) is 10.3 Å². The Morgan fingerprint density at radius 2 is 1.65 bits per heavy atom. The number of aryl methyl sites for hydroxylation is 3. The van der Waals surface area contributed by atoms with Gasteiger partial charge >= 0.3 is 0 Å². The van der Waals surface area contributed by atoms with Crippen LogP contribution in [0, 0.1) is 20.8 Å². The first kappa shape index (κ1) is 13.4. The summed E-state index contributed by atoms with van der Waals surface area (Å²) in [6.45, 7) is 5.93. The normalized spacial score (nSPS) is 11.2. The van der Waals surface area contributed by atoms with Gasteiger partial charge in [0.15, 0.2) is 5.65 Å². The highest BCUT2D eigenvalue weighted by Crippen LogP contribution is 2.34. The van der Waals surface area contributed by atoms with E-state index >= 15 is 0 Å². The molecule has 0 aliphatic carbocycles. The van der Waals surface area contributed by atoms with Crippen LogP contribution in [0.25, 0.3) is 16.8 Å². The molecule has 0 unspecified atom stereocenters. The van der Waals surface area contributed by atoms with Gasteiger partial charge in [-0.2, -0.15) is 5.10 Å². The first-order chi connectivity index (χ1) is 9.49. The molecule has 1 aromatic carbocycles. The van der Waals surface area contributed by atoms with Crippen LogP contribution in [0.5, 0.6) is 0 Å². The number of hydrogen-bond donors (Lipinski definition) is 0. The molecule has 0 fully saturated rings. The Balaban J connectivity index is 2.34. The molecule has 3 nitrogen and oxygen atoms in total. The monoisotopic (exact) mass is 305 g/mol. The van der Waals surface area contributed by atoms with Gasteiger partial charge in [0.25, 0.3) is 0 Å². The van der Waals surface area contributed by atoms with E-state index in [-0.39, 0.29) is 0 Å². The molecule has 3 rings (SSSR count). The minimum Gasteiger partial charge on any atom is -0.216 e. The lowest BCUT2D eigenvalue weighted by molar-refractivity contribution is 0.919. The lowest BCUT2D eigenvalue weighted by atomic mass is 10.1. The van der Waals surface area contributed by atoms with E-state index < -0.39 is 0 Å². The highest BCUT2D eigenvalue weighted by molar-refractivity contribution is 6.38. The second-order valence-corrected chi connectivity index (χ2v) is 5.60. The van der Waals surface area contributed by atoms with Gasteiger partial charge in [-0.25, -0.2) is 9.50 Å².